The molecule has 0 spiro atoms. The SMILES string of the molecule is CCCCCOCCCC(=O)O. The van der Waals surface area contributed by atoms with E-state index in [9.17, 15) is 4.79 Å². The minimum absolute atomic E-state index is 0.216. The molecule has 0 unspecified atom stereocenters. The van der Waals surface area contributed by atoms with Gasteiger partial charge >= 0.3 is 5.97 Å². The van der Waals surface area contributed by atoms with Crippen LogP contribution in [0.1, 0.15) is 39.0 Å². The summed E-state index contributed by atoms with van der Waals surface area (Å²) in [7, 11) is 0. The number of hydrogen-bond acceptors (Lipinski definition) is 2. The van der Waals surface area contributed by atoms with E-state index >= 15 is 0 Å². The van der Waals surface area contributed by atoms with Crippen molar-refractivity contribution >= 4 is 5.97 Å². The monoisotopic (exact) mass is 174 g/mol. The number of rotatable bonds is 8. The quantitative estimate of drug-likeness (QED) is 0.573. The van der Waals surface area contributed by atoms with E-state index in [1.165, 1.54) is 12.8 Å². The van der Waals surface area contributed by atoms with Crippen LogP contribution < -0.4 is 0 Å². The molecule has 0 saturated carbocycles. The lowest BCUT2D eigenvalue weighted by atomic mass is 10.3. The van der Waals surface area contributed by atoms with E-state index in [-0.39, 0.29) is 6.42 Å². The molecule has 3 heteroatoms. The Balaban J connectivity index is 2.86. The maximum Gasteiger partial charge on any atom is 0.303 e. The van der Waals surface area contributed by atoms with E-state index in [4.69, 9.17) is 9.84 Å². The largest absolute Gasteiger partial charge is 0.481 e. The number of carbonyl (C=O) groups is 1. The number of aliphatic carboxylic acids is 1. The first-order chi connectivity index (χ1) is 5.77. The Labute approximate surface area is 73.7 Å². The van der Waals surface area contributed by atoms with Crippen molar-refractivity contribution in [2.24, 2.45) is 0 Å². The summed E-state index contributed by atoms with van der Waals surface area (Å²) in [6.07, 6.45) is 4.32. The van der Waals surface area contributed by atoms with Crippen LogP contribution in [-0.2, 0) is 9.53 Å². The second-order valence-corrected chi connectivity index (χ2v) is 2.82. The zero-order valence-corrected chi connectivity index (χ0v) is 7.71. The number of carboxylic acids is 1. The van der Waals surface area contributed by atoms with Gasteiger partial charge in [0.1, 0.15) is 0 Å². The maximum absolute atomic E-state index is 10.1. The molecule has 0 bridgehead atoms. The molecule has 1 N–H and O–H groups in total. The molecule has 3 nitrogen and oxygen atoms in total. The lowest BCUT2D eigenvalue weighted by Gasteiger charge is -2.01. The van der Waals surface area contributed by atoms with Crippen molar-refractivity contribution in [3.05, 3.63) is 0 Å². The van der Waals surface area contributed by atoms with Gasteiger partial charge in [-0.15, -0.1) is 0 Å². The average Bonchev–Trinajstić information content (AvgIpc) is 2.02. The fourth-order valence-corrected chi connectivity index (χ4v) is 0.882. The summed E-state index contributed by atoms with van der Waals surface area (Å²) in [5, 5.41) is 8.30. The van der Waals surface area contributed by atoms with Crippen LogP contribution in [0.4, 0.5) is 0 Å². The fourth-order valence-electron chi connectivity index (χ4n) is 0.882. The predicted molar refractivity (Wildman–Crippen MR) is 47.2 cm³/mol. The Morgan fingerprint density at radius 3 is 2.50 bits per heavy atom. The van der Waals surface area contributed by atoms with E-state index in [0.29, 0.717) is 13.0 Å². The van der Waals surface area contributed by atoms with Gasteiger partial charge in [-0.1, -0.05) is 19.8 Å². The van der Waals surface area contributed by atoms with Crippen LogP contribution in [0.5, 0.6) is 0 Å². The van der Waals surface area contributed by atoms with Crippen molar-refractivity contribution in [2.75, 3.05) is 13.2 Å². The predicted octanol–water partition coefficient (Wildman–Crippen LogP) is 2.06. The highest BCUT2D eigenvalue weighted by Gasteiger charge is 1.95. The van der Waals surface area contributed by atoms with Gasteiger partial charge in [-0.2, -0.15) is 0 Å². The van der Waals surface area contributed by atoms with E-state index in [0.717, 1.165) is 13.0 Å². The summed E-state index contributed by atoms with van der Waals surface area (Å²) in [6.45, 7) is 3.49. The van der Waals surface area contributed by atoms with E-state index in [1.54, 1.807) is 0 Å². The van der Waals surface area contributed by atoms with Crippen molar-refractivity contribution < 1.29 is 14.6 Å². The zero-order chi connectivity index (χ0) is 9.23. The van der Waals surface area contributed by atoms with Crippen LogP contribution in [0.2, 0.25) is 0 Å². The molecule has 0 aliphatic rings. The van der Waals surface area contributed by atoms with E-state index < -0.39 is 5.97 Å². The third kappa shape index (κ3) is 9.43. The minimum atomic E-state index is -0.743. The summed E-state index contributed by atoms with van der Waals surface area (Å²) in [5.74, 6) is -0.743. The standard InChI is InChI=1S/C9H18O3/c1-2-3-4-7-12-8-5-6-9(10)11/h2-8H2,1H3,(H,10,11). The molecule has 12 heavy (non-hydrogen) atoms. The van der Waals surface area contributed by atoms with Crippen LogP contribution >= 0.6 is 0 Å². The van der Waals surface area contributed by atoms with Crippen LogP contribution in [0.15, 0.2) is 0 Å². The zero-order valence-electron chi connectivity index (χ0n) is 7.71. The van der Waals surface area contributed by atoms with Crippen molar-refractivity contribution in [3.8, 4) is 0 Å². The Morgan fingerprint density at radius 2 is 1.92 bits per heavy atom. The third-order valence-electron chi connectivity index (χ3n) is 1.57. The van der Waals surface area contributed by atoms with Gasteiger partial charge in [0.2, 0.25) is 0 Å². The first-order valence-corrected chi connectivity index (χ1v) is 4.57. The number of unbranched alkanes of at least 4 members (excludes halogenated alkanes) is 2. The van der Waals surface area contributed by atoms with Gasteiger partial charge in [0, 0.05) is 19.6 Å². The van der Waals surface area contributed by atoms with Gasteiger partial charge in [0.05, 0.1) is 0 Å². The van der Waals surface area contributed by atoms with Gasteiger partial charge in [-0.05, 0) is 12.8 Å². The van der Waals surface area contributed by atoms with Crippen LogP contribution in [0.25, 0.3) is 0 Å². The summed E-state index contributed by atoms with van der Waals surface area (Å²) in [6, 6.07) is 0. The first kappa shape index (κ1) is 11.4. The highest BCUT2D eigenvalue weighted by molar-refractivity contribution is 5.66. The summed E-state index contributed by atoms with van der Waals surface area (Å²) < 4.78 is 5.22. The summed E-state index contributed by atoms with van der Waals surface area (Å²) >= 11 is 0. The molecule has 72 valence electrons. The Kier molecular flexibility index (Phi) is 8.12. The molecule has 0 saturated heterocycles. The molecule has 0 aliphatic carbocycles. The lowest BCUT2D eigenvalue weighted by Crippen LogP contribution is -2.01. The molecule has 0 aromatic heterocycles. The molecule has 0 aromatic rings. The van der Waals surface area contributed by atoms with Crippen molar-refractivity contribution in [1.82, 2.24) is 0 Å². The molecule has 0 aromatic carbocycles. The van der Waals surface area contributed by atoms with Crippen LogP contribution in [0.3, 0.4) is 0 Å². The second-order valence-electron chi connectivity index (χ2n) is 2.82. The first-order valence-electron chi connectivity index (χ1n) is 4.57. The maximum atomic E-state index is 10.1. The van der Waals surface area contributed by atoms with Crippen LogP contribution in [-0.4, -0.2) is 24.3 Å². The topological polar surface area (TPSA) is 46.5 Å². The molecule has 0 rings (SSSR count). The van der Waals surface area contributed by atoms with Gasteiger partial charge < -0.3 is 9.84 Å². The van der Waals surface area contributed by atoms with E-state index in [2.05, 4.69) is 6.92 Å². The molecule has 0 amide bonds. The van der Waals surface area contributed by atoms with Gasteiger partial charge in [-0.25, -0.2) is 0 Å². The highest BCUT2D eigenvalue weighted by atomic mass is 16.5. The van der Waals surface area contributed by atoms with Crippen molar-refractivity contribution in [1.29, 1.82) is 0 Å². The summed E-state index contributed by atoms with van der Waals surface area (Å²) in [5.41, 5.74) is 0. The smallest absolute Gasteiger partial charge is 0.303 e. The molecule has 0 atom stereocenters. The van der Waals surface area contributed by atoms with Gasteiger partial charge in [0.25, 0.3) is 0 Å². The Hall–Kier alpha value is -0.570. The number of hydrogen-bond donors (Lipinski definition) is 1. The Bertz CT molecular complexity index is 112. The minimum Gasteiger partial charge on any atom is -0.481 e. The van der Waals surface area contributed by atoms with Crippen LogP contribution in [0, 0.1) is 0 Å². The molecule has 0 fully saturated rings. The molecule has 0 aliphatic heterocycles. The van der Waals surface area contributed by atoms with Gasteiger partial charge in [0.15, 0.2) is 0 Å². The average molecular weight is 174 g/mol. The third-order valence-corrected chi connectivity index (χ3v) is 1.57. The Morgan fingerprint density at radius 1 is 1.25 bits per heavy atom. The molecule has 0 radical (unpaired) electrons. The highest BCUT2D eigenvalue weighted by Crippen LogP contribution is 1.96. The summed E-state index contributed by atoms with van der Waals surface area (Å²) in [4.78, 5) is 10.1. The van der Waals surface area contributed by atoms with Crippen molar-refractivity contribution in [2.45, 2.75) is 39.0 Å². The normalized spacial score (nSPS) is 10.1. The number of carboxylic acid groups (broad SMARTS) is 1. The molecular weight excluding hydrogens is 156 g/mol. The fraction of sp³-hybridized carbons (Fsp3) is 0.889. The molecule has 0 heterocycles. The lowest BCUT2D eigenvalue weighted by molar-refractivity contribution is -0.137. The number of ether oxygens (including phenoxy) is 1. The van der Waals surface area contributed by atoms with Crippen molar-refractivity contribution in [3.63, 3.8) is 0 Å². The van der Waals surface area contributed by atoms with Gasteiger partial charge in [-0.3, -0.25) is 4.79 Å². The second kappa shape index (κ2) is 8.53. The van der Waals surface area contributed by atoms with E-state index in [1.807, 2.05) is 0 Å². The molecular formula is C9H18O3.